The third-order valence-electron chi connectivity index (χ3n) is 5.02. The number of esters is 2. The zero-order valence-electron chi connectivity index (χ0n) is 18.4. The number of fused-ring (bicyclic) bond motifs is 1. The number of nitrogens with one attached hydrogen (secondary N) is 1. The lowest BCUT2D eigenvalue weighted by Gasteiger charge is -2.20. The highest BCUT2D eigenvalue weighted by molar-refractivity contribution is 6.07. The molecule has 0 atom stereocenters. The van der Waals surface area contributed by atoms with E-state index in [-0.39, 0.29) is 48.0 Å². The number of hydrogen-bond acceptors (Lipinski definition) is 6. The van der Waals surface area contributed by atoms with Crippen LogP contribution in [0.1, 0.15) is 60.2 Å². The van der Waals surface area contributed by atoms with E-state index in [1.807, 2.05) is 12.2 Å². The van der Waals surface area contributed by atoms with Crippen molar-refractivity contribution in [2.75, 3.05) is 19.0 Å². The third-order valence-corrected chi connectivity index (χ3v) is 5.02. The molecule has 1 heterocycles. The van der Waals surface area contributed by atoms with Gasteiger partial charge in [0.15, 0.2) is 0 Å². The van der Waals surface area contributed by atoms with E-state index in [1.165, 1.54) is 7.11 Å². The number of cyclic esters (lactones) is 1. The minimum atomic E-state index is -5.14. The average Bonchev–Trinajstić information content (AvgIpc) is 3.12. The van der Waals surface area contributed by atoms with E-state index in [9.17, 15) is 27.6 Å². The largest absolute Gasteiger partial charge is 0.496 e. The van der Waals surface area contributed by atoms with Gasteiger partial charge in [0, 0.05) is 17.5 Å². The van der Waals surface area contributed by atoms with Crippen LogP contribution in [-0.4, -0.2) is 37.7 Å². The summed E-state index contributed by atoms with van der Waals surface area (Å²) < 4.78 is 54.3. The first-order valence-corrected chi connectivity index (χ1v) is 10.1. The first-order valence-electron chi connectivity index (χ1n) is 10.1. The van der Waals surface area contributed by atoms with Gasteiger partial charge in [-0.15, -0.1) is 0 Å². The summed E-state index contributed by atoms with van der Waals surface area (Å²) in [6.45, 7) is 5.53. The molecule has 1 aliphatic rings. The second kappa shape index (κ2) is 10.5. The number of hydrogen-bond donors (Lipinski definition) is 1. The van der Waals surface area contributed by atoms with Gasteiger partial charge in [0.05, 0.1) is 25.0 Å². The van der Waals surface area contributed by atoms with Gasteiger partial charge in [-0.25, -0.2) is 4.79 Å². The number of anilines is 1. The van der Waals surface area contributed by atoms with Crippen molar-refractivity contribution in [2.24, 2.45) is 0 Å². The summed E-state index contributed by atoms with van der Waals surface area (Å²) in [6, 6.07) is 0. The number of methoxy groups -OCH3 is 1. The van der Waals surface area contributed by atoms with E-state index < -0.39 is 18.1 Å². The number of carbonyl (C=O) groups excluding carboxylic acids is 3. The highest BCUT2D eigenvalue weighted by Gasteiger charge is 2.41. The fourth-order valence-corrected chi connectivity index (χ4v) is 3.34. The van der Waals surface area contributed by atoms with Crippen LogP contribution in [-0.2, 0) is 32.1 Å². The molecule has 2 rings (SSSR count). The van der Waals surface area contributed by atoms with Gasteiger partial charge in [0.2, 0.25) is 0 Å². The van der Waals surface area contributed by atoms with Crippen molar-refractivity contribution in [2.45, 2.75) is 59.2 Å². The van der Waals surface area contributed by atoms with Crippen molar-refractivity contribution < 1.29 is 41.8 Å². The van der Waals surface area contributed by atoms with Gasteiger partial charge < -0.3 is 19.5 Å². The molecule has 0 saturated heterocycles. The molecule has 0 aliphatic carbocycles. The molecule has 10 heteroatoms. The predicted molar refractivity (Wildman–Crippen MR) is 109 cm³/mol. The van der Waals surface area contributed by atoms with Crippen LogP contribution in [0.15, 0.2) is 11.6 Å². The quantitative estimate of drug-likeness (QED) is 0.437. The van der Waals surface area contributed by atoms with Gasteiger partial charge in [-0.2, -0.15) is 13.2 Å². The first-order chi connectivity index (χ1) is 15.0. The number of carbonyl (C=O) groups is 3. The Morgan fingerprint density at radius 1 is 1.25 bits per heavy atom. The molecule has 1 aromatic carbocycles. The van der Waals surface area contributed by atoms with Crippen molar-refractivity contribution in [3.05, 3.63) is 33.9 Å². The molecule has 0 bridgehead atoms. The molecule has 1 aliphatic heterocycles. The van der Waals surface area contributed by atoms with Crippen LogP contribution in [0.5, 0.6) is 5.75 Å². The minimum absolute atomic E-state index is 0.0634. The molecular weight excluding hydrogens is 431 g/mol. The third kappa shape index (κ3) is 5.80. The molecule has 0 unspecified atom stereocenters. The molecule has 0 saturated carbocycles. The minimum Gasteiger partial charge on any atom is -0.496 e. The molecule has 1 amide bonds. The molecule has 7 nitrogen and oxygen atoms in total. The summed E-state index contributed by atoms with van der Waals surface area (Å²) in [5, 5.41) is 1.83. The summed E-state index contributed by atoms with van der Waals surface area (Å²) in [4.78, 5) is 35.6. The molecular formula is C22H26F3NO6. The number of halogens is 3. The Labute approximate surface area is 183 Å². The normalized spacial score (nSPS) is 13.5. The lowest BCUT2D eigenvalue weighted by molar-refractivity contribution is -0.167. The fourth-order valence-electron chi connectivity index (χ4n) is 3.34. The summed E-state index contributed by atoms with van der Waals surface area (Å²) >= 11 is 0. The molecule has 1 N–H and O–H groups in total. The Kier molecular flexibility index (Phi) is 8.29. The van der Waals surface area contributed by atoms with E-state index in [0.29, 0.717) is 30.6 Å². The standard InChI is InChI=1S/C22H26F3NO6/c1-5-10-31-16(27)9-7-12(2)6-8-14-18(26-21(29)22(23,24)25)17-15(11-32-20(17)28)13(3)19(14)30-4/h6H,5,7-11H2,1-4H3,(H,26,29)/b12-6+. The van der Waals surface area contributed by atoms with Crippen molar-refractivity contribution >= 4 is 23.5 Å². The Balaban J connectivity index is 2.41. The average molecular weight is 457 g/mol. The smallest absolute Gasteiger partial charge is 0.471 e. The van der Waals surface area contributed by atoms with E-state index >= 15 is 0 Å². The second-order valence-corrected chi connectivity index (χ2v) is 7.37. The van der Waals surface area contributed by atoms with Gasteiger partial charge in [-0.05, 0) is 38.7 Å². The number of ether oxygens (including phenoxy) is 3. The van der Waals surface area contributed by atoms with Crippen LogP contribution in [0.3, 0.4) is 0 Å². The van der Waals surface area contributed by atoms with E-state index in [2.05, 4.69) is 0 Å². The lowest BCUT2D eigenvalue weighted by atomic mass is 9.93. The van der Waals surface area contributed by atoms with E-state index in [0.717, 1.165) is 5.57 Å². The summed E-state index contributed by atoms with van der Waals surface area (Å²) in [5.74, 6) is -3.10. The Hall–Kier alpha value is -3.04. The Morgan fingerprint density at radius 2 is 1.94 bits per heavy atom. The zero-order valence-corrected chi connectivity index (χ0v) is 18.4. The van der Waals surface area contributed by atoms with Crippen LogP contribution < -0.4 is 10.1 Å². The number of alkyl halides is 3. The molecule has 0 radical (unpaired) electrons. The summed E-state index contributed by atoms with van der Waals surface area (Å²) in [5.41, 5.74) is 1.53. The molecule has 1 aromatic rings. The number of allylic oxidation sites excluding steroid dienone is 2. The van der Waals surface area contributed by atoms with Gasteiger partial charge in [-0.1, -0.05) is 18.6 Å². The molecule has 32 heavy (non-hydrogen) atoms. The Bertz CT molecular complexity index is 937. The molecule has 0 aromatic heterocycles. The molecule has 176 valence electrons. The monoisotopic (exact) mass is 457 g/mol. The maximum absolute atomic E-state index is 12.9. The fraction of sp³-hybridized carbons (Fsp3) is 0.500. The van der Waals surface area contributed by atoms with Crippen LogP contribution in [0.25, 0.3) is 0 Å². The van der Waals surface area contributed by atoms with Crippen molar-refractivity contribution in [3.63, 3.8) is 0 Å². The van der Waals surface area contributed by atoms with Crippen LogP contribution in [0.4, 0.5) is 18.9 Å². The van der Waals surface area contributed by atoms with Gasteiger partial charge >= 0.3 is 24.0 Å². The molecule has 0 fully saturated rings. The topological polar surface area (TPSA) is 90.9 Å². The van der Waals surface area contributed by atoms with Gasteiger partial charge in [0.1, 0.15) is 12.4 Å². The number of benzene rings is 1. The SMILES string of the molecule is CCCOC(=O)CC/C(C)=C/Cc1c(NC(=O)C(F)(F)F)c2c(c(C)c1OC)COC2=O. The van der Waals surface area contributed by atoms with Crippen molar-refractivity contribution in [1.29, 1.82) is 0 Å². The highest BCUT2D eigenvalue weighted by Crippen LogP contribution is 2.42. The van der Waals surface area contributed by atoms with E-state index in [4.69, 9.17) is 14.2 Å². The number of amides is 1. The lowest BCUT2D eigenvalue weighted by Crippen LogP contribution is -2.31. The maximum atomic E-state index is 12.9. The first kappa shape index (κ1) is 25.2. The predicted octanol–water partition coefficient (Wildman–Crippen LogP) is 4.40. The molecule has 0 spiro atoms. The Morgan fingerprint density at radius 3 is 2.53 bits per heavy atom. The summed E-state index contributed by atoms with van der Waals surface area (Å²) in [7, 11) is 1.35. The highest BCUT2D eigenvalue weighted by atomic mass is 19.4. The second-order valence-electron chi connectivity index (χ2n) is 7.37. The van der Waals surface area contributed by atoms with Gasteiger partial charge in [0.25, 0.3) is 0 Å². The summed E-state index contributed by atoms with van der Waals surface area (Å²) in [6.07, 6.45) is -2.11. The van der Waals surface area contributed by atoms with Crippen LogP contribution in [0.2, 0.25) is 0 Å². The van der Waals surface area contributed by atoms with Crippen molar-refractivity contribution in [3.8, 4) is 5.75 Å². The van der Waals surface area contributed by atoms with E-state index in [1.54, 1.807) is 19.9 Å². The zero-order chi connectivity index (χ0) is 24.1. The van der Waals surface area contributed by atoms with Crippen LogP contribution >= 0.6 is 0 Å². The van der Waals surface area contributed by atoms with Crippen LogP contribution in [0, 0.1) is 6.92 Å². The maximum Gasteiger partial charge on any atom is 0.471 e. The van der Waals surface area contributed by atoms with Gasteiger partial charge in [-0.3, -0.25) is 9.59 Å². The number of rotatable bonds is 9. The van der Waals surface area contributed by atoms with Crippen molar-refractivity contribution in [1.82, 2.24) is 0 Å².